The number of nitrogens with two attached hydrogens (primary N) is 1. The van der Waals surface area contributed by atoms with Gasteiger partial charge >= 0.3 is 0 Å². The molecular formula is C8H17N3OS. The van der Waals surface area contributed by atoms with Gasteiger partial charge < -0.3 is 10.1 Å². The molecule has 0 spiro atoms. The Kier molecular flexibility index (Phi) is 3.10. The molecule has 1 saturated carbocycles. The van der Waals surface area contributed by atoms with E-state index in [9.17, 15) is 5.21 Å². The third-order valence-electron chi connectivity index (χ3n) is 2.98. The summed E-state index contributed by atoms with van der Waals surface area (Å²) in [7, 11) is 0. The fourth-order valence-corrected chi connectivity index (χ4v) is 2.38. The molecule has 1 aliphatic carbocycles. The van der Waals surface area contributed by atoms with Gasteiger partial charge in [-0.2, -0.15) is 0 Å². The number of hydrogen-bond donors (Lipinski definition) is 2. The fourth-order valence-electron chi connectivity index (χ4n) is 2.00. The lowest BCUT2D eigenvalue weighted by atomic mass is 10.1. The van der Waals surface area contributed by atoms with E-state index in [1.807, 2.05) is 0 Å². The van der Waals surface area contributed by atoms with Gasteiger partial charge in [-0.05, 0) is 25.7 Å². The van der Waals surface area contributed by atoms with E-state index in [1.54, 1.807) is 0 Å². The summed E-state index contributed by atoms with van der Waals surface area (Å²) in [5, 5.41) is 14.7. The predicted octanol–water partition coefficient (Wildman–Crippen LogP) is 0.826. The van der Waals surface area contributed by atoms with Crippen molar-refractivity contribution in [2.45, 2.75) is 37.8 Å². The van der Waals surface area contributed by atoms with Crippen LogP contribution in [0.4, 0.5) is 0 Å². The number of hydroxylamine groups is 1. The Balaban J connectivity index is 1.74. The largest absolute Gasteiger partial charge is 0.302 e. The molecule has 1 saturated heterocycles. The number of piperidine rings is 1. The molecule has 1 aliphatic heterocycles. The summed E-state index contributed by atoms with van der Waals surface area (Å²) >= 11 is 0.927. The summed E-state index contributed by atoms with van der Waals surface area (Å²) in [5.74, 6) is 0. The fraction of sp³-hybridized carbons (Fsp3) is 1.00. The van der Waals surface area contributed by atoms with Crippen LogP contribution in [-0.2, 0) is 0 Å². The van der Waals surface area contributed by atoms with E-state index in [-0.39, 0.29) is 6.04 Å². The van der Waals surface area contributed by atoms with Gasteiger partial charge in [0.2, 0.25) is 0 Å². The molecule has 76 valence electrons. The Bertz CT molecular complexity index is 169. The monoisotopic (exact) mass is 203 g/mol. The van der Waals surface area contributed by atoms with Crippen LogP contribution in [0.25, 0.3) is 0 Å². The van der Waals surface area contributed by atoms with Crippen molar-refractivity contribution in [3.63, 3.8) is 0 Å². The molecule has 3 N–H and O–H groups in total. The molecule has 0 aromatic heterocycles. The molecule has 13 heavy (non-hydrogen) atoms. The zero-order chi connectivity index (χ0) is 9.26. The maximum absolute atomic E-state index is 9.38. The van der Waals surface area contributed by atoms with Crippen LogP contribution in [0.2, 0.25) is 0 Å². The summed E-state index contributed by atoms with van der Waals surface area (Å²) < 4.78 is 1.20. The molecule has 0 radical (unpaired) electrons. The summed E-state index contributed by atoms with van der Waals surface area (Å²) in [6, 6.07) is 1.11. The van der Waals surface area contributed by atoms with Gasteiger partial charge in [0.1, 0.15) is 0 Å². The summed E-state index contributed by atoms with van der Waals surface area (Å²) in [6.45, 7) is 2.24. The van der Waals surface area contributed by atoms with Crippen molar-refractivity contribution in [1.29, 1.82) is 0 Å². The highest BCUT2D eigenvalue weighted by molar-refractivity contribution is 7.94. The molecule has 0 aromatic rings. The van der Waals surface area contributed by atoms with Gasteiger partial charge in [0.05, 0.1) is 6.04 Å². The minimum Gasteiger partial charge on any atom is -0.302 e. The maximum Gasteiger partial charge on any atom is 0.0504 e. The Morgan fingerprint density at radius 2 is 1.85 bits per heavy atom. The van der Waals surface area contributed by atoms with Crippen LogP contribution in [0.3, 0.4) is 0 Å². The Morgan fingerprint density at radius 1 is 1.23 bits per heavy atom. The Labute approximate surface area is 83.3 Å². The van der Waals surface area contributed by atoms with Gasteiger partial charge in [-0.25, -0.2) is 0 Å². The highest BCUT2D eigenvalue weighted by Crippen LogP contribution is 2.30. The molecule has 0 amide bonds. The molecule has 0 unspecified atom stereocenters. The van der Waals surface area contributed by atoms with Gasteiger partial charge in [-0.1, -0.05) is 0 Å². The van der Waals surface area contributed by atoms with Crippen LogP contribution in [0, 0.1) is 0 Å². The van der Waals surface area contributed by atoms with Crippen molar-refractivity contribution in [3.05, 3.63) is 0 Å². The lowest BCUT2D eigenvalue weighted by molar-refractivity contribution is -0.0440. The van der Waals surface area contributed by atoms with E-state index in [4.69, 9.17) is 5.14 Å². The third kappa shape index (κ3) is 2.35. The molecule has 4 nitrogen and oxygen atoms in total. The van der Waals surface area contributed by atoms with Crippen LogP contribution in [0.15, 0.2) is 0 Å². The molecule has 2 aliphatic rings. The number of likely N-dealkylation sites (tertiary alicyclic amines) is 1. The Morgan fingerprint density at radius 3 is 2.31 bits per heavy atom. The van der Waals surface area contributed by atoms with Gasteiger partial charge in [0, 0.05) is 31.3 Å². The predicted molar refractivity (Wildman–Crippen MR) is 53.0 cm³/mol. The second-order valence-corrected chi connectivity index (χ2v) is 4.49. The second-order valence-electron chi connectivity index (χ2n) is 3.91. The third-order valence-corrected chi connectivity index (χ3v) is 3.50. The molecule has 0 atom stereocenters. The lowest BCUT2D eigenvalue weighted by Gasteiger charge is -2.34. The van der Waals surface area contributed by atoms with E-state index in [0.29, 0.717) is 0 Å². The summed E-state index contributed by atoms with van der Waals surface area (Å²) in [6.07, 6.45) is 4.83. The quantitative estimate of drug-likeness (QED) is 0.525. The van der Waals surface area contributed by atoms with E-state index in [1.165, 1.54) is 17.3 Å². The van der Waals surface area contributed by atoms with Crippen LogP contribution in [0.1, 0.15) is 25.7 Å². The van der Waals surface area contributed by atoms with Gasteiger partial charge in [0.25, 0.3) is 0 Å². The van der Waals surface area contributed by atoms with Crippen LogP contribution >= 0.6 is 12.1 Å². The molecule has 5 heteroatoms. The van der Waals surface area contributed by atoms with Crippen molar-refractivity contribution in [1.82, 2.24) is 9.37 Å². The van der Waals surface area contributed by atoms with Crippen LogP contribution < -0.4 is 5.14 Å². The lowest BCUT2D eigenvalue weighted by Crippen LogP contribution is -2.42. The van der Waals surface area contributed by atoms with E-state index < -0.39 is 0 Å². The van der Waals surface area contributed by atoms with E-state index in [0.717, 1.165) is 44.1 Å². The summed E-state index contributed by atoms with van der Waals surface area (Å²) in [5.41, 5.74) is 0. The van der Waals surface area contributed by atoms with E-state index >= 15 is 0 Å². The van der Waals surface area contributed by atoms with Crippen molar-refractivity contribution in [2.75, 3.05) is 13.1 Å². The van der Waals surface area contributed by atoms with Crippen molar-refractivity contribution in [3.8, 4) is 0 Å². The highest BCUT2D eigenvalue weighted by Gasteiger charge is 2.33. The first-order valence-corrected chi connectivity index (χ1v) is 5.74. The number of rotatable bonds is 3. The zero-order valence-corrected chi connectivity index (χ0v) is 8.54. The zero-order valence-electron chi connectivity index (χ0n) is 7.72. The molecule has 0 aromatic carbocycles. The van der Waals surface area contributed by atoms with Gasteiger partial charge in [-0.15, -0.1) is 4.47 Å². The smallest absolute Gasteiger partial charge is 0.0504 e. The molecular weight excluding hydrogens is 186 g/mol. The minimum absolute atomic E-state index is 0.255. The standard InChI is InChI=1S/C8H17N3OS/c9-13-11(12)8-3-5-10(6-4-8)7-1-2-7/h7-8,12H,1-6,9H2. The second kappa shape index (κ2) is 4.14. The van der Waals surface area contributed by atoms with Gasteiger partial charge in [0.15, 0.2) is 0 Å². The minimum atomic E-state index is 0.255. The molecule has 2 fully saturated rings. The molecule has 1 heterocycles. The molecule has 0 bridgehead atoms. The Hall–Kier alpha value is 0.190. The average molecular weight is 203 g/mol. The van der Waals surface area contributed by atoms with E-state index in [2.05, 4.69) is 4.90 Å². The summed E-state index contributed by atoms with van der Waals surface area (Å²) in [4.78, 5) is 2.53. The van der Waals surface area contributed by atoms with Crippen molar-refractivity contribution >= 4 is 12.1 Å². The first kappa shape index (κ1) is 9.73. The number of nitrogens with zero attached hydrogens (tertiary/aromatic N) is 2. The van der Waals surface area contributed by atoms with Crippen LogP contribution in [0.5, 0.6) is 0 Å². The topological polar surface area (TPSA) is 52.7 Å². The SMILES string of the molecule is NSN(O)C1CCN(C2CC2)CC1. The van der Waals surface area contributed by atoms with Gasteiger partial charge in [-0.3, -0.25) is 5.14 Å². The normalized spacial score (nSPS) is 27.0. The highest BCUT2D eigenvalue weighted by atomic mass is 32.2. The first-order chi connectivity index (χ1) is 6.31. The maximum atomic E-state index is 9.38. The van der Waals surface area contributed by atoms with Crippen LogP contribution in [-0.4, -0.2) is 39.7 Å². The van der Waals surface area contributed by atoms with Crippen molar-refractivity contribution in [2.24, 2.45) is 5.14 Å². The van der Waals surface area contributed by atoms with Crippen molar-refractivity contribution < 1.29 is 5.21 Å². The first-order valence-electron chi connectivity index (χ1n) is 4.90. The average Bonchev–Trinajstić information content (AvgIpc) is 3.00. The number of hydrogen-bond acceptors (Lipinski definition) is 5. The molecule has 2 rings (SSSR count).